The largest absolute Gasteiger partial charge is 0.370 e. The zero-order chi connectivity index (χ0) is 16.1. The fourth-order valence-corrected chi connectivity index (χ4v) is 2.60. The summed E-state index contributed by atoms with van der Waals surface area (Å²) in [6.07, 6.45) is 7.29. The molecule has 0 unspecified atom stereocenters. The molecule has 3 heterocycles. The van der Waals surface area contributed by atoms with Gasteiger partial charge in [0, 0.05) is 57.5 Å². The summed E-state index contributed by atoms with van der Waals surface area (Å²) in [7, 11) is 0. The van der Waals surface area contributed by atoms with Crippen LogP contribution in [0.1, 0.15) is 5.82 Å². The summed E-state index contributed by atoms with van der Waals surface area (Å²) in [5, 5.41) is 0. The first-order valence-corrected chi connectivity index (χ1v) is 7.78. The van der Waals surface area contributed by atoms with Crippen molar-refractivity contribution in [3.8, 4) is 0 Å². The summed E-state index contributed by atoms with van der Waals surface area (Å²) in [5.41, 5.74) is 6.11. The normalized spacial score (nSPS) is 15.3. The van der Waals surface area contributed by atoms with Gasteiger partial charge in [0.25, 0.3) is 0 Å². The molecule has 0 radical (unpaired) electrons. The van der Waals surface area contributed by atoms with E-state index >= 15 is 0 Å². The molecule has 2 aromatic heterocycles. The number of anilines is 1. The lowest BCUT2D eigenvalue weighted by molar-refractivity contribution is 0.378. The van der Waals surface area contributed by atoms with Crippen LogP contribution in [0.2, 0.25) is 0 Å². The van der Waals surface area contributed by atoms with Gasteiger partial charge in [-0.1, -0.05) is 0 Å². The zero-order valence-corrected chi connectivity index (χ0v) is 16.1. The van der Waals surface area contributed by atoms with Crippen LogP contribution >= 0.6 is 24.0 Å². The van der Waals surface area contributed by atoms with Crippen molar-refractivity contribution in [2.24, 2.45) is 10.7 Å². The highest BCUT2D eigenvalue weighted by Crippen LogP contribution is 2.09. The number of imidazole rings is 1. The first-order valence-electron chi connectivity index (χ1n) is 7.78. The molecule has 1 fully saturated rings. The fourth-order valence-electron chi connectivity index (χ4n) is 2.60. The summed E-state index contributed by atoms with van der Waals surface area (Å²) >= 11 is 0. The second kappa shape index (κ2) is 8.81. The van der Waals surface area contributed by atoms with Gasteiger partial charge in [0.1, 0.15) is 5.82 Å². The van der Waals surface area contributed by atoms with Crippen molar-refractivity contribution in [2.75, 3.05) is 37.6 Å². The van der Waals surface area contributed by atoms with Crippen molar-refractivity contribution in [1.29, 1.82) is 0 Å². The number of aromatic nitrogens is 4. The van der Waals surface area contributed by atoms with Gasteiger partial charge in [0.2, 0.25) is 5.95 Å². The van der Waals surface area contributed by atoms with Crippen molar-refractivity contribution in [3.05, 3.63) is 36.7 Å². The summed E-state index contributed by atoms with van der Waals surface area (Å²) in [4.78, 5) is 21.5. The van der Waals surface area contributed by atoms with E-state index in [4.69, 9.17) is 5.73 Å². The maximum atomic E-state index is 6.11. The molecule has 130 valence electrons. The van der Waals surface area contributed by atoms with E-state index in [1.807, 2.05) is 19.2 Å². The molecule has 0 bridgehead atoms. The van der Waals surface area contributed by atoms with Crippen LogP contribution in [0.4, 0.5) is 5.95 Å². The molecule has 0 amide bonds. The average Bonchev–Trinajstić information content (AvgIpc) is 3.01. The monoisotopic (exact) mass is 442 g/mol. The van der Waals surface area contributed by atoms with Crippen molar-refractivity contribution in [2.45, 2.75) is 13.5 Å². The van der Waals surface area contributed by atoms with Crippen molar-refractivity contribution >= 4 is 35.9 Å². The molecule has 0 spiro atoms. The number of guanidine groups is 1. The van der Waals surface area contributed by atoms with Gasteiger partial charge < -0.3 is 20.1 Å². The Hall–Kier alpha value is -1.91. The van der Waals surface area contributed by atoms with E-state index in [2.05, 4.69) is 34.3 Å². The number of halogens is 1. The van der Waals surface area contributed by atoms with Crippen LogP contribution < -0.4 is 10.6 Å². The number of nitrogens with two attached hydrogens (primary N) is 1. The van der Waals surface area contributed by atoms with Crippen molar-refractivity contribution < 1.29 is 0 Å². The van der Waals surface area contributed by atoms with Crippen LogP contribution in [-0.4, -0.2) is 63.1 Å². The molecule has 1 aliphatic rings. The van der Waals surface area contributed by atoms with Gasteiger partial charge in [0.15, 0.2) is 5.96 Å². The fraction of sp³-hybridized carbons (Fsp3) is 0.467. The molecular formula is C15H23IN8. The number of piperazine rings is 1. The molecule has 0 aliphatic carbocycles. The molecule has 0 aromatic carbocycles. The van der Waals surface area contributed by atoms with Gasteiger partial charge in [-0.25, -0.2) is 15.0 Å². The van der Waals surface area contributed by atoms with Gasteiger partial charge in [-0.05, 0) is 13.0 Å². The van der Waals surface area contributed by atoms with E-state index in [0.29, 0.717) is 12.5 Å². The lowest BCUT2D eigenvalue weighted by atomic mass is 10.3. The minimum absolute atomic E-state index is 0. The molecule has 9 heteroatoms. The predicted octanol–water partition coefficient (Wildman–Crippen LogP) is 0.736. The Labute approximate surface area is 158 Å². The first kappa shape index (κ1) is 18.4. The topological polar surface area (TPSA) is 88.5 Å². The Kier molecular flexibility index (Phi) is 6.76. The number of aryl methyl sites for hydroxylation is 1. The number of hydrogen-bond acceptors (Lipinski definition) is 5. The van der Waals surface area contributed by atoms with Gasteiger partial charge in [-0.3, -0.25) is 4.99 Å². The second-order valence-corrected chi connectivity index (χ2v) is 5.43. The van der Waals surface area contributed by atoms with E-state index in [1.54, 1.807) is 18.6 Å². The van der Waals surface area contributed by atoms with Gasteiger partial charge in [0.05, 0.1) is 6.54 Å². The molecule has 3 rings (SSSR count). The van der Waals surface area contributed by atoms with Crippen LogP contribution in [0.25, 0.3) is 0 Å². The van der Waals surface area contributed by atoms with E-state index < -0.39 is 0 Å². The number of aliphatic imine (C=N–C) groups is 1. The van der Waals surface area contributed by atoms with E-state index in [-0.39, 0.29) is 24.0 Å². The Morgan fingerprint density at radius 3 is 2.46 bits per heavy atom. The van der Waals surface area contributed by atoms with E-state index in [1.165, 1.54) is 0 Å². The molecule has 2 N–H and O–H groups in total. The third-order valence-corrected chi connectivity index (χ3v) is 3.98. The van der Waals surface area contributed by atoms with Gasteiger partial charge >= 0.3 is 0 Å². The average molecular weight is 442 g/mol. The number of rotatable bonds is 4. The highest BCUT2D eigenvalue weighted by molar-refractivity contribution is 14.0. The van der Waals surface area contributed by atoms with E-state index in [9.17, 15) is 0 Å². The third-order valence-electron chi connectivity index (χ3n) is 3.98. The second-order valence-electron chi connectivity index (χ2n) is 5.43. The first-order chi connectivity index (χ1) is 11.2. The summed E-state index contributed by atoms with van der Waals surface area (Å²) in [6, 6.07) is 1.83. The predicted molar refractivity (Wildman–Crippen MR) is 105 cm³/mol. The molecule has 1 saturated heterocycles. The van der Waals surface area contributed by atoms with Gasteiger partial charge in [-0.15, -0.1) is 24.0 Å². The lowest BCUT2D eigenvalue weighted by Crippen LogP contribution is -2.51. The molecule has 24 heavy (non-hydrogen) atoms. The molecule has 1 aliphatic heterocycles. The summed E-state index contributed by atoms with van der Waals surface area (Å²) in [6.45, 7) is 6.80. The minimum atomic E-state index is 0. The summed E-state index contributed by atoms with van der Waals surface area (Å²) in [5.74, 6) is 2.38. The Morgan fingerprint density at radius 2 is 1.83 bits per heavy atom. The Balaban J connectivity index is 0.00000208. The van der Waals surface area contributed by atoms with Crippen molar-refractivity contribution in [1.82, 2.24) is 24.4 Å². The standard InChI is InChI=1S/C15H22N8.HI/c1-13-17-5-7-21(13)8-6-18-14(16)22-9-11-23(12-10-22)15-19-3-2-4-20-15;/h2-5,7H,6,8-12H2,1H3,(H2,16,18);1H. The highest BCUT2D eigenvalue weighted by atomic mass is 127. The maximum absolute atomic E-state index is 6.11. The zero-order valence-electron chi connectivity index (χ0n) is 13.7. The van der Waals surface area contributed by atoms with Crippen LogP contribution in [0, 0.1) is 6.92 Å². The summed E-state index contributed by atoms with van der Waals surface area (Å²) < 4.78 is 2.07. The molecule has 8 nitrogen and oxygen atoms in total. The van der Waals surface area contributed by atoms with Crippen LogP contribution in [0.3, 0.4) is 0 Å². The minimum Gasteiger partial charge on any atom is -0.370 e. The Bertz CT molecular complexity index is 649. The lowest BCUT2D eigenvalue weighted by Gasteiger charge is -2.35. The molecule has 0 atom stereocenters. The van der Waals surface area contributed by atoms with Crippen molar-refractivity contribution in [3.63, 3.8) is 0 Å². The Morgan fingerprint density at radius 1 is 1.12 bits per heavy atom. The van der Waals surface area contributed by atoms with Crippen LogP contribution in [0.15, 0.2) is 35.8 Å². The maximum Gasteiger partial charge on any atom is 0.225 e. The molecule has 0 saturated carbocycles. The third kappa shape index (κ3) is 4.56. The highest BCUT2D eigenvalue weighted by Gasteiger charge is 2.19. The van der Waals surface area contributed by atoms with Gasteiger partial charge in [-0.2, -0.15) is 0 Å². The smallest absolute Gasteiger partial charge is 0.225 e. The number of nitrogens with zero attached hydrogens (tertiary/aromatic N) is 7. The molecule has 2 aromatic rings. The van der Waals surface area contributed by atoms with E-state index in [0.717, 1.165) is 44.5 Å². The quantitative estimate of drug-likeness (QED) is 0.427. The van der Waals surface area contributed by atoms with Crippen LogP contribution in [-0.2, 0) is 6.54 Å². The SMILES string of the molecule is Cc1nccn1CCN=C(N)N1CCN(c2ncccn2)CC1.I. The molecular weight excluding hydrogens is 419 g/mol. The number of hydrogen-bond donors (Lipinski definition) is 1. The van der Waals surface area contributed by atoms with Crippen LogP contribution in [0.5, 0.6) is 0 Å².